The molecule has 0 radical (unpaired) electrons. The maximum atomic E-state index is 11.3. The lowest BCUT2D eigenvalue weighted by atomic mass is 9.99. The number of carbonyl (C=O) groups is 1. The molecule has 6 nitrogen and oxygen atoms in total. The van der Waals surface area contributed by atoms with Crippen molar-refractivity contribution in [2.75, 3.05) is 20.6 Å². The Morgan fingerprint density at radius 1 is 1.63 bits per heavy atom. The maximum absolute atomic E-state index is 11.3. The van der Waals surface area contributed by atoms with Crippen molar-refractivity contribution in [3.8, 4) is 0 Å². The fourth-order valence-corrected chi connectivity index (χ4v) is 2.19. The summed E-state index contributed by atoms with van der Waals surface area (Å²) in [6.45, 7) is 2.74. The van der Waals surface area contributed by atoms with Crippen LogP contribution in [0.3, 0.4) is 0 Å². The number of aromatic nitrogens is 2. The van der Waals surface area contributed by atoms with Crippen molar-refractivity contribution < 1.29 is 4.79 Å². The average molecular weight is 267 g/mol. The van der Waals surface area contributed by atoms with Crippen LogP contribution in [0.4, 0.5) is 0 Å². The number of carbonyl (C=O) groups excluding carboxylic acids is 1. The first-order valence-electron chi connectivity index (χ1n) is 6.64. The van der Waals surface area contributed by atoms with Gasteiger partial charge < -0.3 is 11.1 Å². The Balaban J connectivity index is 2.76. The van der Waals surface area contributed by atoms with Crippen molar-refractivity contribution in [2.24, 2.45) is 12.8 Å². The molecule has 1 aromatic rings. The molecule has 3 N–H and O–H groups in total. The first-order chi connectivity index (χ1) is 8.99. The third kappa shape index (κ3) is 4.33. The van der Waals surface area contributed by atoms with Crippen molar-refractivity contribution in [2.45, 2.75) is 31.8 Å². The summed E-state index contributed by atoms with van der Waals surface area (Å²) in [6.07, 6.45) is 5.18. The molecule has 0 aliphatic carbocycles. The standard InChI is InChI=1S/C13H25N5O/c1-5-11(14)13(10-8-16-18(4)9-10)17(3)7-6-12(19)15-2/h8-9,11,13H,5-7,14H2,1-4H3,(H,15,19). The fraction of sp³-hybridized carbons (Fsp3) is 0.692. The van der Waals surface area contributed by atoms with Gasteiger partial charge in [-0.25, -0.2) is 0 Å². The van der Waals surface area contributed by atoms with Gasteiger partial charge in [0.05, 0.1) is 12.2 Å². The summed E-state index contributed by atoms with van der Waals surface area (Å²) in [7, 11) is 5.54. The SMILES string of the molecule is CCC(N)C(c1cnn(C)c1)N(C)CCC(=O)NC. The van der Waals surface area contributed by atoms with Gasteiger partial charge in [-0.15, -0.1) is 0 Å². The molecule has 0 saturated carbocycles. The lowest BCUT2D eigenvalue weighted by molar-refractivity contribution is -0.121. The number of nitrogens with zero attached hydrogens (tertiary/aromatic N) is 3. The second kappa shape index (κ2) is 7.25. The molecule has 0 spiro atoms. The van der Waals surface area contributed by atoms with E-state index in [0.29, 0.717) is 13.0 Å². The first-order valence-corrected chi connectivity index (χ1v) is 6.64. The van der Waals surface area contributed by atoms with E-state index in [9.17, 15) is 4.79 Å². The minimum Gasteiger partial charge on any atom is -0.359 e. The number of likely N-dealkylation sites (N-methyl/N-ethyl adjacent to an activating group) is 1. The van der Waals surface area contributed by atoms with Crippen molar-refractivity contribution in [1.29, 1.82) is 0 Å². The predicted octanol–water partition coefficient (Wildman–Crippen LogP) is 0.266. The van der Waals surface area contributed by atoms with Crippen LogP contribution in [-0.4, -0.2) is 47.3 Å². The topological polar surface area (TPSA) is 76.2 Å². The molecular formula is C13H25N5O. The zero-order valence-corrected chi connectivity index (χ0v) is 12.3. The number of rotatable bonds is 7. The molecule has 2 atom stereocenters. The fourth-order valence-electron chi connectivity index (χ4n) is 2.19. The first kappa shape index (κ1) is 15.7. The van der Waals surface area contributed by atoms with Gasteiger partial charge in [-0.3, -0.25) is 14.4 Å². The minimum absolute atomic E-state index is 0.0267. The normalized spacial score (nSPS) is 14.4. The second-order valence-corrected chi connectivity index (χ2v) is 4.87. The van der Waals surface area contributed by atoms with Crippen LogP contribution in [0, 0.1) is 0 Å². The molecule has 2 unspecified atom stereocenters. The van der Waals surface area contributed by atoms with Crippen LogP contribution in [0.2, 0.25) is 0 Å². The van der Waals surface area contributed by atoms with Crippen LogP contribution >= 0.6 is 0 Å². The molecule has 1 amide bonds. The van der Waals surface area contributed by atoms with Crippen LogP contribution in [0.15, 0.2) is 12.4 Å². The average Bonchev–Trinajstić information content (AvgIpc) is 2.82. The summed E-state index contributed by atoms with van der Waals surface area (Å²) in [5.74, 6) is 0.0434. The highest BCUT2D eigenvalue weighted by molar-refractivity contribution is 5.75. The zero-order valence-electron chi connectivity index (χ0n) is 12.3. The van der Waals surface area contributed by atoms with Gasteiger partial charge in [0, 0.05) is 44.9 Å². The third-order valence-corrected chi connectivity index (χ3v) is 3.39. The lowest BCUT2D eigenvalue weighted by Crippen LogP contribution is -2.40. The molecule has 0 saturated heterocycles. The van der Waals surface area contributed by atoms with Gasteiger partial charge in [0.25, 0.3) is 0 Å². The van der Waals surface area contributed by atoms with Gasteiger partial charge in [0.2, 0.25) is 5.91 Å². The summed E-state index contributed by atoms with van der Waals surface area (Å²) < 4.78 is 1.78. The third-order valence-electron chi connectivity index (χ3n) is 3.39. The molecule has 6 heteroatoms. The zero-order chi connectivity index (χ0) is 14.4. The lowest BCUT2D eigenvalue weighted by Gasteiger charge is -2.31. The van der Waals surface area contributed by atoms with Crippen molar-refractivity contribution >= 4 is 5.91 Å². The van der Waals surface area contributed by atoms with Crippen LogP contribution in [0.25, 0.3) is 0 Å². The van der Waals surface area contributed by atoms with Crippen molar-refractivity contribution in [1.82, 2.24) is 20.0 Å². The van der Waals surface area contributed by atoms with E-state index >= 15 is 0 Å². The largest absolute Gasteiger partial charge is 0.359 e. The number of amides is 1. The molecule has 1 aromatic heterocycles. The number of hydrogen-bond donors (Lipinski definition) is 2. The van der Waals surface area contributed by atoms with Gasteiger partial charge in [0.15, 0.2) is 0 Å². The summed E-state index contributed by atoms with van der Waals surface area (Å²) in [6, 6.07) is 0.113. The van der Waals surface area contributed by atoms with E-state index in [0.717, 1.165) is 12.0 Å². The highest BCUT2D eigenvalue weighted by Crippen LogP contribution is 2.23. The van der Waals surface area contributed by atoms with E-state index in [4.69, 9.17) is 5.73 Å². The van der Waals surface area contributed by atoms with E-state index in [1.807, 2.05) is 26.5 Å². The van der Waals surface area contributed by atoms with E-state index in [1.165, 1.54) is 0 Å². The number of hydrogen-bond acceptors (Lipinski definition) is 4. The number of aryl methyl sites for hydroxylation is 1. The smallest absolute Gasteiger partial charge is 0.221 e. The second-order valence-electron chi connectivity index (χ2n) is 4.87. The summed E-state index contributed by atoms with van der Waals surface area (Å²) in [4.78, 5) is 13.5. The van der Waals surface area contributed by atoms with Crippen molar-refractivity contribution in [3.05, 3.63) is 18.0 Å². The van der Waals surface area contributed by atoms with E-state index < -0.39 is 0 Å². The van der Waals surface area contributed by atoms with Crippen LogP contribution in [0.5, 0.6) is 0 Å². The minimum atomic E-state index is 0.0267. The van der Waals surface area contributed by atoms with Crippen molar-refractivity contribution in [3.63, 3.8) is 0 Å². The molecular weight excluding hydrogens is 242 g/mol. The van der Waals surface area contributed by atoms with E-state index in [1.54, 1.807) is 11.7 Å². The molecule has 0 aromatic carbocycles. The Hall–Kier alpha value is -1.40. The quantitative estimate of drug-likeness (QED) is 0.743. The van der Waals surface area contributed by atoms with Gasteiger partial charge in [-0.2, -0.15) is 5.10 Å². The Morgan fingerprint density at radius 2 is 2.32 bits per heavy atom. The summed E-state index contributed by atoms with van der Waals surface area (Å²) in [5, 5.41) is 6.84. The molecule has 1 rings (SSSR count). The number of nitrogens with one attached hydrogen (secondary N) is 1. The van der Waals surface area contributed by atoms with E-state index in [2.05, 4.69) is 22.2 Å². The summed E-state index contributed by atoms with van der Waals surface area (Å²) >= 11 is 0. The Kier molecular flexibility index (Phi) is 5.98. The Morgan fingerprint density at radius 3 is 2.79 bits per heavy atom. The monoisotopic (exact) mass is 267 g/mol. The maximum Gasteiger partial charge on any atom is 0.221 e. The van der Waals surface area contributed by atoms with Crippen LogP contribution in [-0.2, 0) is 11.8 Å². The van der Waals surface area contributed by atoms with Gasteiger partial charge in [-0.1, -0.05) is 6.92 Å². The highest BCUT2D eigenvalue weighted by atomic mass is 16.1. The molecule has 0 fully saturated rings. The van der Waals surface area contributed by atoms with Gasteiger partial charge >= 0.3 is 0 Å². The molecule has 0 bridgehead atoms. The number of nitrogens with two attached hydrogens (primary N) is 1. The molecule has 108 valence electrons. The molecule has 0 aliphatic rings. The summed E-state index contributed by atoms with van der Waals surface area (Å²) in [5.41, 5.74) is 7.31. The van der Waals surface area contributed by atoms with Gasteiger partial charge in [0.1, 0.15) is 0 Å². The Bertz CT molecular complexity index is 403. The Labute approximate surface area is 114 Å². The molecule has 19 heavy (non-hydrogen) atoms. The van der Waals surface area contributed by atoms with E-state index in [-0.39, 0.29) is 18.0 Å². The van der Waals surface area contributed by atoms with Crippen LogP contribution < -0.4 is 11.1 Å². The molecule has 1 heterocycles. The molecule has 0 aliphatic heterocycles. The van der Waals surface area contributed by atoms with Crippen LogP contribution in [0.1, 0.15) is 31.4 Å². The predicted molar refractivity (Wildman–Crippen MR) is 75.5 cm³/mol. The highest BCUT2D eigenvalue weighted by Gasteiger charge is 2.24. The van der Waals surface area contributed by atoms with Gasteiger partial charge in [-0.05, 0) is 13.5 Å².